The fraction of sp³-hybridized carbons (Fsp3) is 0.357. The Labute approximate surface area is 97.2 Å². The summed E-state index contributed by atoms with van der Waals surface area (Å²) < 4.78 is 4.34. The molecule has 84 valence electrons. The zero-order chi connectivity index (χ0) is 11.7. The number of imidazole rings is 1. The van der Waals surface area contributed by atoms with Gasteiger partial charge in [0, 0.05) is 0 Å². The van der Waals surface area contributed by atoms with Crippen molar-refractivity contribution in [3.05, 3.63) is 42.2 Å². The van der Waals surface area contributed by atoms with Crippen LogP contribution in [0.5, 0.6) is 0 Å². The van der Waals surface area contributed by atoms with Crippen LogP contribution in [-0.2, 0) is 14.1 Å². The zero-order valence-electron chi connectivity index (χ0n) is 10.4. The summed E-state index contributed by atoms with van der Waals surface area (Å²) in [5.41, 5.74) is 2.73. The third-order valence-electron chi connectivity index (χ3n) is 3.01. The molecule has 0 atom stereocenters. The second-order valence-electron chi connectivity index (χ2n) is 4.59. The van der Waals surface area contributed by atoms with Crippen molar-refractivity contribution in [1.82, 2.24) is 4.57 Å². The lowest BCUT2D eigenvalue weighted by Gasteiger charge is -2.10. The number of hydrogen-bond acceptors (Lipinski definition) is 0. The summed E-state index contributed by atoms with van der Waals surface area (Å²) in [6.45, 7) is 4.48. The van der Waals surface area contributed by atoms with E-state index >= 15 is 0 Å². The SMILES string of the molecule is CC(C)c1ccccc1-c1n(C)cc[n+]1C. The van der Waals surface area contributed by atoms with Gasteiger partial charge in [-0.3, -0.25) is 0 Å². The maximum absolute atomic E-state index is 2.24. The van der Waals surface area contributed by atoms with Crippen molar-refractivity contribution in [3.63, 3.8) is 0 Å². The van der Waals surface area contributed by atoms with Gasteiger partial charge >= 0.3 is 0 Å². The Balaban J connectivity index is 2.64. The highest BCUT2D eigenvalue weighted by molar-refractivity contribution is 5.59. The molecule has 0 radical (unpaired) electrons. The minimum Gasteiger partial charge on any atom is -0.233 e. The van der Waals surface area contributed by atoms with Gasteiger partial charge in [-0.25, -0.2) is 9.13 Å². The normalized spacial score (nSPS) is 11.1. The fourth-order valence-corrected chi connectivity index (χ4v) is 2.17. The number of aryl methyl sites for hydroxylation is 2. The second-order valence-corrected chi connectivity index (χ2v) is 4.59. The summed E-state index contributed by atoms with van der Waals surface area (Å²) in [7, 11) is 4.18. The minimum atomic E-state index is 0.547. The molecule has 2 aromatic rings. The van der Waals surface area contributed by atoms with E-state index < -0.39 is 0 Å². The van der Waals surface area contributed by atoms with Crippen molar-refractivity contribution in [2.75, 3.05) is 0 Å². The lowest BCUT2D eigenvalue weighted by atomic mass is 9.97. The standard InChI is InChI=1S/C14H19N2/c1-11(2)12-7-5-6-8-13(12)14-15(3)9-10-16(14)4/h5-11H,1-4H3/q+1. The highest BCUT2D eigenvalue weighted by Gasteiger charge is 2.18. The lowest BCUT2D eigenvalue weighted by molar-refractivity contribution is -0.659. The maximum atomic E-state index is 2.24. The van der Waals surface area contributed by atoms with Gasteiger partial charge in [0.1, 0.15) is 12.4 Å². The second kappa shape index (κ2) is 4.12. The number of nitrogens with zero attached hydrogens (tertiary/aromatic N) is 2. The van der Waals surface area contributed by atoms with E-state index in [1.807, 2.05) is 0 Å². The Bertz CT molecular complexity index is 476. The first-order chi connectivity index (χ1) is 7.61. The number of rotatable bonds is 2. The molecular weight excluding hydrogens is 196 g/mol. The number of hydrogen-bond donors (Lipinski definition) is 0. The molecule has 1 aromatic heterocycles. The average molecular weight is 215 g/mol. The fourth-order valence-electron chi connectivity index (χ4n) is 2.17. The third kappa shape index (κ3) is 1.75. The van der Waals surface area contributed by atoms with Gasteiger partial charge in [0.25, 0.3) is 5.82 Å². The van der Waals surface area contributed by atoms with E-state index in [9.17, 15) is 0 Å². The van der Waals surface area contributed by atoms with Crippen LogP contribution in [0.15, 0.2) is 36.7 Å². The molecule has 0 bridgehead atoms. The van der Waals surface area contributed by atoms with Crippen molar-refractivity contribution in [2.45, 2.75) is 19.8 Å². The minimum absolute atomic E-state index is 0.547. The average Bonchev–Trinajstić information content (AvgIpc) is 2.58. The molecule has 2 rings (SSSR count). The van der Waals surface area contributed by atoms with Crippen LogP contribution in [0.2, 0.25) is 0 Å². The van der Waals surface area contributed by atoms with Gasteiger partial charge in [-0.2, -0.15) is 0 Å². The number of aromatic nitrogens is 2. The molecule has 0 aliphatic rings. The Morgan fingerprint density at radius 3 is 2.44 bits per heavy atom. The van der Waals surface area contributed by atoms with E-state index in [-0.39, 0.29) is 0 Å². The van der Waals surface area contributed by atoms with Crippen molar-refractivity contribution in [3.8, 4) is 11.4 Å². The van der Waals surface area contributed by atoms with Crippen molar-refractivity contribution < 1.29 is 4.57 Å². The molecule has 2 heteroatoms. The molecule has 2 nitrogen and oxygen atoms in total. The van der Waals surface area contributed by atoms with E-state index in [0.717, 1.165) is 0 Å². The molecule has 0 aliphatic carbocycles. The Kier molecular flexibility index (Phi) is 2.82. The predicted molar refractivity (Wildman–Crippen MR) is 66.1 cm³/mol. The van der Waals surface area contributed by atoms with Gasteiger partial charge in [0.15, 0.2) is 0 Å². The van der Waals surface area contributed by atoms with Gasteiger partial charge in [0.2, 0.25) is 0 Å². The predicted octanol–water partition coefficient (Wildman–Crippen LogP) is 2.64. The molecule has 0 saturated carbocycles. The summed E-state index contributed by atoms with van der Waals surface area (Å²) >= 11 is 0. The van der Waals surface area contributed by atoms with Crippen LogP contribution in [0.4, 0.5) is 0 Å². The van der Waals surface area contributed by atoms with Crippen molar-refractivity contribution in [1.29, 1.82) is 0 Å². The molecular formula is C14H19N2+. The van der Waals surface area contributed by atoms with Crippen LogP contribution < -0.4 is 4.57 Å². The maximum Gasteiger partial charge on any atom is 0.288 e. The summed E-state index contributed by atoms with van der Waals surface area (Å²) in [5, 5.41) is 0. The summed E-state index contributed by atoms with van der Waals surface area (Å²) in [4.78, 5) is 0. The van der Waals surface area contributed by atoms with Gasteiger partial charge in [0.05, 0.1) is 19.7 Å². The highest BCUT2D eigenvalue weighted by Crippen LogP contribution is 2.26. The van der Waals surface area contributed by atoms with Gasteiger partial charge in [-0.1, -0.05) is 32.0 Å². The first kappa shape index (κ1) is 10.9. The van der Waals surface area contributed by atoms with E-state index in [1.54, 1.807) is 0 Å². The molecule has 0 amide bonds. The summed E-state index contributed by atoms with van der Waals surface area (Å²) in [6.07, 6.45) is 4.18. The first-order valence-corrected chi connectivity index (χ1v) is 5.71. The van der Waals surface area contributed by atoms with Gasteiger partial charge in [-0.15, -0.1) is 0 Å². The molecule has 0 aliphatic heterocycles. The largest absolute Gasteiger partial charge is 0.288 e. The van der Waals surface area contributed by atoms with E-state index in [1.165, 1.54) is 17.0 Å². The van der Waals surface area contributed by atoms with Crippen LogP contribution >= 0.6 is 0 Å². The topological polar surface area (TPSA) is 8.81 Å². The molecule has 1 heterocycles. The van der Waals surface area contributed by atoms with Crippen LogP contribution in [0.1, 0.15) is 25.3 Å². The zero-order valence-corrected chi connectivity index (χ0v) is 10.4. The first-order valence-electron chi connectivity index (χ1n) is 5.71. The molecule has 0 fully saturated rings. The number of benzene rings is 1. The van der Waals surface area contributed by atoms with Crippen LogP contribution in [-0.4, -0.2) is 4.57 Å². The van der Waals surface area contributed by atoms with Crippen molar-refractivity contribution in [2.24, 2.45) is 14.1 Å². The van der Waals surface area contributed by atoms with Crippen molar-refractivity contribution >= 4 is 0 Å². The smallest absolute Gasteiger partial charge is 0.233 e. The van der Waals surface area contributed by atoms with E-state index in [0.29, 0.717) is 5.92 Å². The van der Waals surface area contributed by atoms with E-state index in [2.05, 4.69) is 73.7 Å². The third-order valence-corrected chi connectivity index (χ3v) is 3.01. The summed E-state index contributed by atoms with van der Waals surface area (Å²) in [5.74, 6) is 1.80. The van der Waals surface area contributed by atoms with E-state index in [4.69, 9.17) is 0 Å². The highest BCUT2D eigenvalue weighted by atomic mass is 15.1. The van der Waals surface area contributed by atoms with Crippen LogP contribution in [0.25, 0.3) is 11.4 Å². The molecule has 0 unspecified atom stereocenters. The summed E-state index contributed by atoms with van der Waals surface area (Å²) in [6, 6.07) is 8.63. The quantitative estimate of drug-likeness (QED) is 0.681. The molecule has 0 saturated heterocycles. The molecule has 16 heavy (non-hydrogen) atoms. The molecule has 1 aromatic carbocycles. The molecule has 0 spiro atoms. The Morgan fingerprint density at radius 2 is 1.88 bits per heavy atom. The van der Waals surface area contributed by atoms with Crippen LogP contribution in [0.3, 0.4) is 0 Å². The Morgan fingerprint density at radius 1 is 1.19 bits per heavy atom. The van der Waals surface area contributed by atoms with Crippen LogP contribution in [0, 0.1) is 0 Å². The monoisotopic (exact) mass is 215 g/mol. The Hall–Kier alpha value is -1.57. The lowest BCUT2D eigenvalue weighted by Crippen LogP contribution is -2.29. The van der Waals surface area contributed by atoms with Gasteiger partial charge < -0.3 is 0 Å². The van der Waals surface area contributed by atoms with Gasteiger partial charge in [-0.05, 0) is 17.5 Å². The molecule has 0 N–H and O–H groups in total.